The monoisotopic (exact) mass is 312 g/mol. The first kappa shape index (κ1) is 14.7. The fourth-order valence-corrected chi connectivity index (χ4v) is 3.13. The first-order valence-electron chi connectivity index (χ1n) is 7.21. The summed E-state index contributed by atoms with van der Waals surface area (Å²) in [5.41, 5.74) is 1.79. The maximum Gasteiger partial charge on any atom is 0.306 e. The van der Waals surface area contributed by atoms with Gasteiger partial charge in [-0.1, -0.05) is 18.2 Å². The van der Waals surface area contributed by atoms with Gasteiger partial charge < -0.3 is 4.74 Å². The summed E-state index contributed by atoms with van der Waals surface area (Å²) >= 11 is 1.69. The number of hydrogen-bond donors (Lipinski definition) is 0. The third-order valence-corrected chi connectivity index (χ3v) is 4.31. The largest absolute Gasteiger partial charge is 0.459 e. The number of hydrogen-bond acceptors (Lipinski definition) is 5. The van der Waals surface area contributed by atoms with Gasteiger partial charge in [-0.15, -0.1) is 11.3 Å². The minimum Gasteiger partial charge on any atom is -0.459 e. The zero-order valence-electron chi connectivity index (χ0n) is 12.1. The lowest BCUT2D eigenvalue weighted by Crippen LogP contribution is -2.05. The first-order valence-corrected chi connectivity index (χ1v) is 8.03. The third kappa shape index (κ3) is 3.89. The average Bonchev–Trinajstić information content (AvgIpc) is 2.96. The molecule has 0 aliphatic carbocycles. The van der Waals surface area contributed by atoms with Crippen molar-refractivity contribution >= 4 is 27.5 Å². The number of para-hydroxylation sites is 1. The number of aryl methyl sites for hydroxylation is 1. The van der Waals surface area contributed by atoms with E-state index in [1.807, 2.05) is 36.4 Å². The SMILES string of the molecule is O=C(CCCc1nc2ccccc2s1)OCc1ccccn1. The van der Waals surface area contributed by atoms with E-state index in [2.05, 4.69) is 16.0 Å². The second kappa shape index (κ2) is 7.13. The van der Waals surface area contributed by atoms with Crippen molar-refractivity contribution in [2.24, 2.45) is 0 Å². The number of aromatic nitrogens is 2. The summed E-state index contributed by atoms with van der Waals surface area (Å²) in [5.74, 6) is -0.188. The minimum absolute atomic E-state index is 0.188. The van der Waals surface area contributed by atoms with E-state index in [1.165, 1.54) is 4.70 Å². The van der Waals surface area contributed by atoms with Crippen molar-refractivity contribution in [3.63, 3.8) is 0 Å². The lowest BCUT2D eigenvalue weighted by molar-refractivity contribution is -0.145. The Morgan fingerprint density at radius 2 is 2.00 bits per heavy atom. The molecule has 2 heterocycles. The minimum atomic E-state index is -0.188. The maximum atomic E-state index is 11.7. The molecule has 22 heavy (non-hydrogen) atoms. The molecule has 0 saturated carbocycles. The molecule has 0 unspecified atom stereocenters. The summed E-state index contributed by atoms with van der Waals surface area (Å²) in [5, 5.41) is 1.07. The highest BCUT2D eigenvalue weighted by Crippen LogP contribution is 2.22. The van der Waals surface area contributed by atoms with Crippen LogP contribution >= 0.6 is 11.3 Å². The molecule has 0 N–H and O–H groups in total. The number of carbonyl (C=O) groups excluding carboxylic acids is 1. The van der Waals surface area contributed by atoms with E-state index >= 15 is 0 Å². The lowest BCUT2D eigenvalue weighted by Gasteiger charge is -2.03. The molecular weight excluding hydrogens is 296 g/mol. The van der Waals surface area contributed by atoms with Gasteiger partial charge in [-0.05, 0) is 37.1 Å². The molecule has 0 saturated heterocycles. The van der Waals surface area contributed by atoms with E-state index in [0.717, 1.165) is 29.1 Å². The van der Waals surface area contributed by atoms with Crippen LogP contribution in [0.15, 0.2) is 48.7 Å². The average molecular weight is 312 g/mol. The zero-order valence-corrected chi connectivity index (χ0v) is 12.9. The molecule has 2 aromatic heterocycles. The fourth-order valence-electron chi connectivity index (χ4n) is 2.12. The Morgan fingerprint density at radius 1 is 1.14 bits per heavy atom. The molecule has 0 atom stereocenters. The molecule has 0 aliphatic heterocycles. The molecule has 5 heteroatoms. The standard InChI is InChI=1S/C17H16N2O2S/c20-17(21-12-13-6-3-4-11-18-13)10-5-9-16-19-14-7-1-2-8-15(14)22-16/h1-4,6-8,11H,5,9-10,12H2. The summed E-state index contributed by atoms with van der Waals surface area (Å²) in [4.78, 5) is 20.4. The predicted molar refractivity (Wildman–Crippen MR) is 86.6 cm³/mol. The summed E-state index contributed by atoms with van der Waals surface area (Å²) in [6.07, 6.45) is 3.65. The fraction of sp³-hybridized carbons (Fsp3) is 0.235. The summed E-state index contributed by atoms with van der Waals surface area (Å²) in [7, 11) is 0. The van der Waals surface area contributed by atoms with Crippen LogP contribution in [0.25, 0.3) is 10.2 Å². The quantitative estimate of drug-likeness (QED) is 0.650. The predicted octanol–water partition coefficient (Wildman–Crippen LogP) is 3.76. The maximum absolute atomic E-state index is 11.7. The van der Waals surface area contributed by atoms with Crippen LogP contribution in [0.3, 0.4) is 0 Å². The normalized spacial score (nSPS) is 10.7. The van der Waals surface area contributed by atoms with Gasteiger partial charge in [0.15, 0.2) is 0 Å². The highest BCUT2D eigenvalue weighted by atomic mass is 32.1. The number of carbonyl (C=O) groups is 1. The molecule has 0 aliphatic rings. The summed E-state index contributed by atoms with van der Waals surface area (Å²) in [6, 6.07) is 13.6. The number of pyridine rings is 1. The van der Waals surface area contributed by atoms with Gasteiger partial charge in [-0.3, -0.25) is 9.78 Å². The van der Waals surface area contributed by atoms with Crippen molar-refractivity contribution in [3.05, 3.63) is 59.4 Å². The molecule has 0 spiro atoms. The van der Waals surface area contributed by atoms with E-state index < -0.39 is 0 Å². The van der Waals surface area contributed by atoms with Crippen molar-refractivity contribution in [1.29, 1.82) is 0 Å². The smallest absolute Gasteiger partial charge is 0.306 e. The van der Waals surface area contributed by atoms with Gasteiger partial charge in [0.05, 0.1) is 20.9 Å². The molecular formula is C17H16N2O2S. The van der Waals surface area contributed by atoms with Gasteiger partial charge in [0.1, 0.15) is 6.61 Å². The van der Waals surface area contributed by atoms with Crippen LogP contribution in [-0.2, 0) is 22.6 Å². The Morgan fingerprint density at radius 3 is 2.82 bits per heavy atom. The molecule has 4 nitrogen and oxygen atoms in total. The molecule has 3 aromatic rings. The van der Waals surface area contributed by atoms with E-state index in [1.54, 1.807) is 17.5 Å². The van der Waals surface area contributed by atoms with Crippen LogP contribution in [0.4, 0.5) is 0 Å². The van der Waals surface area contributed by atoms with E-state index in [0.29, 0.717) is 6.42 Å². The Hall–Kier alpha value is -2.27. The van der Waals surface area contributed by atoms with Crippen LogP contribution in [0.5, 0.6) is 0 Å². The summed E-state index contributed by atoms with van der Waals surface area (Å²) < 4.78 is 6.40. The molecule has 0 fully saturated rings. The van der Waals surface area contributed by atoms with Crippen molar-refractivity contribution < 1.29 is 9.53 Å². The number of nitrogens with zero attached hydrogens (tertiary/aromatic N) is 2. The Bertz CT molecular complexity index is 722. The molecule has 1 aromatic carbocycles. The Balaban J connectivity index is 1.43. The number of rotatable bonds is 6. The third-order valence-electron chi connectivity index (χ3n) is 3.22. The van der Waals surface area contributed by atoms with Crippen LogP contribution in [0.2, 0.25) is 0 Å². The first-order chi connectivity index (χ1) is 10.8. The number of fused-ring (bicyclic) bond motifs is 1. The van der Waals surface area contributed by atoms with E-state index in [9.17, 15) is 4.79 Å². The van der Waals surface area contributed by atoms with Gasteiger partial charge in [-0.25, -0.2) is 4.98 Å². The molecule has 0 radical (unpaired) electrons. The van der Waals surface area contributed by atoms with Crippen LogP contribution in [0.1, 0.15) is 23.5 Å². The van der Waals surface area contributed by atoms with E-state index in [4.69, 9.17) is 4.74 Å². The van der Waals surface area contributed by atoms with Crippen LogP contribution in [-0.4, -0.2) is 15.9 Å². The van der Waals surface area contributed by atoms with Gasteiger partial charge >= 0.3 is 5.97 Å². The number of thiazole rings is 1. The van der Waals surface area contributed by atoms with Crippen molar-refractivity contribution in [2.45, 2.75) is 25.9 Å². The van der Waals surface area contributed by atoms with Gasteiger partial charge in [-0.2, -0.15) is 0 Å². The molecule has 3 rings (SSSR count). The lowest BCUT2D eigenvalue weighted by atomic mass is 10.2. The molecule has 112 valence electrons. The zero-order chi connectivity index (χ0) is 15.2. The van der Waals surface area contributed by atoms with Crippen molar-refractivity contribution in [2.75, 3.05) is 0 Å². The van der Waals surface area contributed by atoms with Gasteiger partial charge in [0.2, 0.25) is 0 Å². The highest BCUT2D eigenvalue weighted by molar-refractivity contribution is 7.18. The summed E-state index contributed by atoms with van der Waals surface area (Å²) in [6.45, 7) is 0.237. The van der Waals surface area contributed by atoms with Crippen molar-refractivity contribution in [3.8, 4) is 0 Å². The topological polar surface area (TPSA) is 52.1 Å². The highest BCUT2D eigenvalue weighted by Gasteiger charge is 2.07. The second-order valence-electron chi connectivity index (χ2n) is 4.91. The molecule has 0 amide bonds. The van der Waals surface area contributed by atoms with Crippen molar-refractivity contribution in [1.82, 2.24) is 9.97 Å². The van der Waals surface area contributed by atoms with Crippen LogP contribution < -0.4 is 0 Å². The Kier molecular flexibility index (Phi) is 4.75. The second-order valence-corrected chi connectivity index (χ2v) is 6.03. The van der Waals surface area contributed by atoms with Gasteiger partial charge in [0, 0.05) is 12.6 Å². The number of ether oxygens (including phenoxy) is 1. The number of benzene rings is 1. The van der Waals surface area contributed by atoms with E-state index in [-0.39, 0.29) is 12.6 Å². The van der Waals surface area contributed by atoms with Crippen LogP contribution in [0, 0.1) is 0 Å². The van der Waals surface area contributed by atoms with Gasteiger partial charge in [0.25, 0.3) is 0 Å². The molecule has 0 bridgehead atoms. The Labute approximate surface area is 132 Å². The number of esters is 1.